The molecule has 0 radical (unpaired) electrons. The molecule has 114 valence electrons. The van der Waals surface area contributed by atoms with Gasteiger partial charge in [-0.1, -0.05) is 23.4 Å². The minimum absolute atomic E-state index is 0.0298. The zero-order valence-electron chi connectivity index (χ0n) is 12.0. The van der Waals surface area contributed by atoms with Crippen LogP contribution in [0, 0.1) is 5.82 Å². The number of rotatable bonds is 4. The van der Waals surface area contributed by atoms with Crippen LogP contribution in [0.1, 0.15) is 21.7 Å². The normalized spacial score (nSPS) is 17.0. The van der Waals surface area contributed by atoms with Crippen LogP contribution in [-0.4, -0.2) is 36.2 Å². The van der Waals surface area contributed by atoms with Gasteiger partial charge in [0, 0.05) is 19.0 Å². The van der Waals surface area contributed by atoms with Crippen molar-refractivity contribution in [2.75, 3.05) is 13.6 Å². The summed E-state index contributed by atoms with van der Waals surface area (Å²) < 4.78 is 13.2. The Morgan fingerprint density at radius 1 is 1.45 bits per heavy atom. The highest BCUT2D eigenvalue weighted by Crippen LogP contribution is 2.19. The molecule has 1 atom stereocenters. The predicted molar refractivity (Wildman–Crippen MR) is 83.7 cm³/mol. The third-order valence-corrected chi connectivity index (χ3v) is 4.30. The molecule has 2 heterocycles. The number of carbonyl (C=O) groups excluding carboxylic acids is 1. The highest BCUT2D eigenvalue weighted by molar-refractivity contribution is 7.12. The summed E-state index contributed by atoms with van der Waals surface area (Å²) in [4.78, 5) is 19.9. The van der Waals surface area contributed by atoms with Gasteiger partial charge in [-0.25, -0.2) is 4.39 Å². The Labute approximate surface area is 131 Å². The lowest BCUT2D eigenvalue weighted by atomic mass is 10.0. The number of amides is 1. The Morgan fingerprint density at radius 3 is 3.05 bits per heavy atom. The van der Waals surface area contributed by atoms with E-state index in [9.17, 15) is 9.18 Å². The Kier molecular flexibility index (Phi) is 4.20. The average Bonchev–Trinajstić information content (AvgIpc) is 3.18. The van der Waals surface area contributed by atoms with Gasteiger partial charge in [-0.15, -0.1) is 11.3 Å². The van der Waals surface area contributed by atoms with Crippen LogP contribution in [0.3, 0.4) is 0 Å². The zero-order valence-corrected chi connectivity index (χ0v) is 12.8. The Balaban J connectivity index is 1.59. The molecule has 0 saturated carbocycles. The summed E-state index contributed by atoms with van der Waals surface area (Å²) >= 11 is 1.41. The lowest BCUT2D eigenvalue weighted by molar-refractivity contribution is 0.0485. The van der Waals surface area contributed by atoms with Crippen molar-refractivity contribution in [3.8, 4) is 0 Å². The summed E-state index contributed by atoms with van der Waals surface area (Å²) in [5.41, 5.74) is 1.43. The lowest BCUT2D eigenvalue weighted by Crippen LogP contribution is -2.34. The van der Waals surface area contributed by atoms with E-state index in [0.717, 1.165) is 5.56 Å². The van der Waals surface area contributed by atoms with Crippen molar-refractivity contribution in [1.29, 1.82) is 0 Å². The topological polar surface area (TPSA) is 41.9 Å². The van der Waals surface area contributed by atoms with Crippen molar-refractivity contribution in [2.45, 2.75) is 12.5 Å². The Bertz CT molecular complexity index is 700. The van der Waals surface area contributed by atoms with Crippen LogP contribution in [0.15, 0.2) is 46.9 Å². The number of likely N-dealkylation sites (N-methyl/N-ethyl adjacent to an activating group) is 1. The van der Waals surface area contributed by atoms with Crippen molar-refractivity contribution in [3.05, 3.63) is 58.0 Å². The van der Waals surface area contributed by atoms with E-state index < -0.39 is 0 Å². The van der Waals surface area contributed by atoms with E-state index in [-0.39, 0.29) is 17.8 Å². The fraction of sp³-hybridized carbons (Fsp3) is 0.250. The molecule has 6 heteroatoms. The molecular weight excluding hydrogens is 303 g/mol. The van der Waals surface area contributed by atoms with Gasteiger partial charge in [-0.3, -0.25) is 4.79 Å². The molecule has 1 unspecified atom stereocenters. The van der Waals surface area contributed by atoms with Crippen LogP contribution in [0.4, 0.5) is 4.39 Å². The molecule has 2 aromatic rings. The van der Waals surface area contributed by atoms with Gasteiger partial charge in [0.25, 0.3) is 5.91 Å². The molecule has 0 saturated heterocycles. The van der Waals surface area contributed by atoms with Crippen LogP contribution in [0.2, 0.25) is 0 Å². The first-order valence-corrected chi connectivity index (χ1v) is 7.79. The van der Waals surface area contributed by atoms with Crippen molar-refractivity contribution in [3.63, 3.8) is 0 Å². The monoisotopic (exact) mass is 318 g/mol. The second-order valence-electron chi connectivity index (χ2n) is 5.14. The van der Waals surface area contributed by atoms with Crippen molar-refractivity contribution >= 4 is 23.0 Å². The highest BCUT2D eigenvalue weighted by Gasteiger charge is 2.25. The number of nitrogens with zero attached hydrogens (tertiary/aromatic N) is 2. The molecule has 0 bridgehead atoms. The number of benzene rings is 1. The minimum Gasteiger partial charge on any atom is -0.390 e. The molecule has 1 aliphatic heterocycles. The number of thiophene rings is 1. The largest absolute Gasteiger partial charge is 0.390 e. The molecule has 3 rings (SSSR count). The van der Waals surface area contributed by atoms with Crippen molar-refractivity contribution in [1.82, 2.24) is 4.90 Å². The standard InChI is InChI=1S/C16H15FN2O2S/c1-19(16(20)15-6-3-7-22-15)10-13-9-14(18-21-13)11-4-2-5-12(17)8-11/h2-8,13H,9-10H2,1H3. The SMILES string of the molecule is CN(CC1CC(c2cccc(F)c2)=NO1)C(=O)c1cccs1. The number of hydrogen-bond donors (Lipinski definition) is 0. The van der Waals surface area contributed by atoms with Gasteiger partial charge in [0.2, 0.25) is 0 Å². The Morgan fingerprint density at radius 2 is 2.32 bits per heavy atom. The maximum atomic E-state index is 13.2. The highest BCUT2D eigenvalue weighted by atomic mass is 32.1. The van der Waals surface area contributed by atoms with E-state index in [1.54, 1.807) is 30.1 Å². The van der Waals surface area contributed by atoms with E-state index in [2.05, 4.69) is 5.16 Å². The fourth-order valence-electron chi connectivity index (χ4n) is 2.34. The summed E-state index contributed by atoms with van der Waals surface area (Å²) in [5.74, 6) is -0.327. The van der Waals surface area contributed by atoms with Crippen LogP contribution in [0.5, 0.6) is 0 Å². The molecule has 1 aromatic carbocycles. The number of carbonyl (C=O) groups is 1. The zero-order chi connectivity index (χ0) is 15.5. The average molecular weight is 318 g/mol. The van der Waals surface area contributed by atoms with Gasteiger partial charge in [0.15, 0.2) is 6.10 Å². The van der Waals surface area contributed by atoms with E-state index in [4.69, 9.17) is 4.84 Å². The first-order valence-electron chi connectivity index (χ1n) is 6.91. The molecular formula is C16H15FN2O2S. The lowest BCUT2D eigenvalue weighted by Gasteiger charge is -2.19. The van der Waals surface area contributed by atoms with Crippen LogP contribution < -0.4 is 0 Å². The van der Waals surface area contributed by atoms with E-state index in [0.29, 0.717) is 23.6 Å². The minimum atomic E-state index is -0.298. The molecule has 1 amide bonds. The van der Waals surface area contributed by atoms with Gasteiger partial charge in [0.05, 0.1) is 17.1 Å². The second-order valence-corrected chi connectivity index (χ2v) is 6.09. The molecule has 22 heavy (non-hydrogen) atoms. The summed E-state index contributed by atoms with van der Waals surface area (Å²) in [6.45, 7) is 0.444. The van der Waals surface area contributed by atoms with Gasteiger partial charge in [-0.2, -0.15) is 0 Å². The first-order chi connectivity index (χ1) is 10.6. The molecule has 0 fully saturated rings. The molecule has 0 N–H and O–H groups in total. The third-order valence-electron chi connectivity index (χ3n) is 3.45. The quantitative estimate of drug-likeness (QED) is 0.869. The Hall–Kier alpha value is -2.21. The molecule has 0 spiro atoms. The van der Waals surface area contributed by atoms with Crippen LogP contribution in [0.25, 0.3) is 0 Å². The molecule has 1 aliphatic rings. The number of oxime groups is 1. The van der Waals surface area contributed by atoms with Crippen LogP contribution >= 0.6 is 11.3 Å². The summed E-state index contributed by atoms with van der Waals surface area (Å²) in [6, 6.07) is 9.92. The molecule has 4 nitrogen and oxygen atoms in total. The van der Waals surface area contributed by atoms with Crippen LogP contribution in [-0.2, 0) is 4.84 Å². The van der Waals surface area contributed by atoms with Crippen molar-refractivity contribution in [2.24, 2.45) is 5.16 Å². The predicted octanol–water partition coefficient (Wildman–Crippen LogP) is 3.15. The summed E-state index contributed by atoms with van der Waals surface area (Å²) in [7, 11) is 1.74. The number of halogens is 1. The summed E-state index contributed by atoms with van der Waals surface area (Å²) in [5, 5.41) is 5.89. The maximum Gasteiger partial charge on any atom is 0.263 e. The van der Waals surface area contributed by atoms with E-state index in [1.807, 2.05) is 11.4 Å². The second kappa shape index (κ2) is 6.27. The first kappa shape index (κ1) is 14.7. The smallest absolute Gasteiger partial charge is 0.263 e. The molecule has 1 aromatic heterocycles. The maximum absolute atomic E-state index is 13.2. The van der Waals surface area contributed by atoms with Gasteiger partial charge in [0.1, 0.15) is 5.82 Å². The fourth-order valence-corrected chi connectivity index (χ4v) is 3.06. The summed E-state index contributed by atoms with van der Waals surface area (Å²) in [6.07, 6.45) is 0.359. The molecule has 0 aliphatic carbocycles. The van der Waals surface area contributed by atoms with Gasteiger partial charge < -0.3 is 9.74 Å². The third kappa shape index (κ3) is 3.17. The van der Waals surface area contributed by atoms with E-state index in [1.165, 1.54) is 23.5 Å². The van der Waals surface area contributed by atoms with E-state index >= 15 is 0 Å². The van der Waals surface area contributed by atoms with Gasteiger partial charge in [-0.05, 0) is 23.6 Å². The van der Waals surface area contributed by atoms with Gasteiger partial charge >= 0.3 is 0 Å². The van der Waals surface area contributed by atoms with Crippen molar-refractivity contribution < 1.29 is 14.0 Å². The number of hydrogen-bond acceptors (Lipinski definition) is 4.